The number of pyridine rings is 1. The number of hydrogen-bond donors (Lipinski definition) is 3. The first-order valence-electron chi connectivity index (χ1n) is 13.9. The minimum Gasteiger partial charge on any atom is -0.476 e. The first-order valence-corrected chi connectivity index (χ1v) is 13.9. The maximum absolute atomic E-state index is 13.0. The van der Waals surface area contributed by atoms with Crippen LogP contribution >= 0.6 is 0 Å². The van der Waals surface area contributed by atoms with Gasteiger partial charge in [-0.3, -0.25) is 5.32 Å². The fraction of sp³-hybridized carbons (Fsp3) is 0.0857. The monoisotopic (exact) mass is 567 g/mol. The Bertz CT molecular complexity index is 1780. The highest BCUT2D eigenvalue weighted by Crippen LogP contribution is 2.42. The van der Waals surface area contributed by atoms with Crippen molar-refractivity contribution in [2.24, 2.45) is 0 Å². The van der Waals surface area contributed by atoms with Crippen LogP contribution < -0.4 is 10.6 Å². The maximum atomic E-state index is 13.0. The zero-order chi connectivity index (χ0) is 29.8. The minimum atomic E-state index is -1.18. The number of rotatable bonds is 8. The van der Waals surface area contributed by atoms with Crippen LogP contribution in [0.15, 0.2) is 134 Å². The molecule has 0 aliphatic rings. The number of amides is 2. The van der Waals surface area contributed by atoms with Gasteiger partial charge in [-0.05, 0) is 29.2 Å². The van der Waals surface area contributed by atoms with Crippen molar-refractivity contribution in [2.45, 2.75) is 18.5 Å². The molecule has 0 radical (unpaired) electrons. The number of nitrogens with one attached hydrogen (secondary N) is 2. The van der Waals surface area contributed by atoms with Crippen molar-refractivity contribution < 1.29 is 14.7 Å². The average molecular weight is 568 g/mol. The molecule has 2 aromatic heterocycles. The number of benzene rings is 4. The van der Waals surface area contributed by atoms with Crippen molar-refractivity contribution in [3.63, 3.8) is 0 Å². The van der Waals surface area contributed by atoms with Crippen LogP contribution in [0.2, 0.25) is 0 Å². The predicted octanol–water partition coefficient (Wildman–Crippen LogP) is 6.85. The number of aromatic carboxylic acids is 1. The molecule has 0 saturated carbocycles. The van der Waals surface area contributed by atoms with Gasteiger partial charge in [0, 0.05) is 12.3 Å². The van der Waals surface area contributed by atoms with Gasteiger partial charge in [-0.15, -0.1) is 0 Å². The summed E-state index contributed by atoms with van der Waals surface area (Å²) in [5, 5.41) is 21.1. The van der Waals surface area contributed by atoms with Gasteiger partial charge in [0.1, 0.15) is 11.4 Å². The largest absolute Gasteiger partial charge is 0.476 e. The van der Waals surface area contributed by atoms with E-state index >= 15 is 0 Å². The molecule has 1 atom stereocenters. The van der Waals surface area contributed by atoms with E-state index in [0.717, 1.165) is 22.3 Å². The predicted molar refractivity (Wildman–Crippen MR) is 166 cm³/mol. The number of carboxylic acid groups (broad SMARTS) is 1. The van der Waals surface area contributed by atoms with Gasteiger partial charge in [0.2, 0.25) is 0 Å². The van der Waals surface area contributed by atoms with E-state index in [4.69, 9.17) is 5.10 Å². The van der Waals surface area contributed by atoms with Gasteiger partial charge in [0.05, 0.1) is 16.9 Å². The molecule has 4 aromatic carbocycles. The summed E-state index contributed by atoms with van der Waals surface area (Å²) in [7, 11) is 0. The lowest BCUT2D eigenvalue weighted by Crippen LogP contribution is -2.38. The topological polar surface area (TPSA) is 109 Å². The lowest BCUT2D eigenvalue weighted by molar-refractivity contribution is 0.0691. The maximum Gasteiger partial charge on any atom is 0.357 e. The number of aromatic nitrogens is 3. The molecule has 6 rings (SSSR count). The van der Waals surface area contributed by atoms with Gasteiger partial charge in [-0.1, -0.05) is 121 Å². The van der Waals surface area contributed by atoms with Gasteiger partial charge in [0.15, 0.2) is 5.69 Å². The first kappa shape index (κ1) is 27.4. The third kappa shape index (κ3) is 5.10. The number of hydrogen-bond acceptors (Lipinski definition) is 4. The Morgan fingerprint density at radius 2 is 1.26 bits per heavy atom. The van der Waals surface area contributed by atoms with Crippen LogP contribution in [0, 0.1) is 0 Å². The highest BCUT2D eigenvalue weighted by atomic mass is 16.4. The third-order valence-corrected chi connectivity index (χ3v) is 7.55. The zero-order valence-electron chi connectivity index (χ0n) is 23.4. The molecule has 0 fully saturated rings. The number of carbonyl (C=O) groups is 2. The smallest absolute Gasteiger partial charge is 0.357 e. The third-order valence-electron chi connectivity index (χ3n) is 7.55. The lowest BCUT2D eigenvalue weighted by atomic mass is 9.77. The van der Waals surface area contributed by atoms with Crippen LogP contribution in [0.4, 0.5) is 10.6 Å². The Morgan fingerprint density at radius 1 is 0.767 bits per heavy atom. The zero-order valence-corrected chi connectivity index (χ0v) is 23.4. The molecular formula is C35H29N5O3. The normalized spacial score (nSPS) is 12.0. The van der Waals surface area contributed by atoms with Gasteiger partial charge in [0.25, 0.3) is 0 Å². The molecule has 0 aliphatic heterocycles. The molecule has 43 heavy (non-hydrogen) atoms. The number of nitrogens with zero attached hydrogens (tertiary/aromatic N) is 3. The number of carbonyl (C=O) groups excluding carboxylic acids is 1. The molecule has 0 saturated heterocycles. The number of carboxylic acids is 1. The first-order chi connectivity index (χ1) is 21.0. The molecule has 1 unspecified atom stereocenters. The fourth-order valence-electron chi connectivity index (χ4n) is 5.57. The van der Waals surface area contributed by atoms with E-state index < -0.39 is 17.5 Å². The number of urea groups is 1. The molecule has 8 nitrogen and oxygen atoms in total. The van der Waals surface area contributed by atoms with E-state index in [9.17, 15) is 14.7 Å². The summed E-state index contributed by atoms with van der Waals surface area (Å²) in [5.41, 5.74) is 2.92. The standard InChI is InChI=1S/C35H29N5O3/c1-24(25-14-6-2-7-15-25)37-34(43)38-31-22-30-29(23-36-31)32(33(41)42)39-40(30)35(26-16-8-3-9-17-26,27-18-10-4-11-19-27)28-20-12-5-13-21-28/h2-24H,1H3,(H,41,42)(H2,36,37,38,43). The number of anilines is 1. The average Bonchev–Trinajstić information content (AvgIpc) is 3.43. The van der Waals surface area contributed by atoms with E-state index in [2.05, 4.69) is 15.6 Å². The van der Waals surface area contributed by atoms with Crippen LogP contribution in [0.25, 0.3) is 10.9 Å². The van der Waals surface area contributed by atoms with Crippen LogP contribution in [0.1, 0.15) is 45.7 Å². The van der Waals surface area contributed by atoms with Crippen molar-refractivity contribution in [3.8, 4) is 0 Å². The molecule has 0 bridgehead atoms. The van der Waals surface area contributed by atoms with Crippen LogP contribution in [-0.2, 0) is 5.54 Å². The summed E-state index contributed by atoms with van der Waals surface area (Å²) in [6, 6.07) is 40.2. The molecule has 8 heteroatoms. The quantitative estimate of drug-likeness (QED) is 0.174. The summed E-state index contributed by atoms with van der Waals surface area (Å²) >= 11 is 0. The minimum absolute atomic E-state index is 0.136. The molecule has 212 valence electrons. The molecule has 3 N–H and O–H groups in total. The van der Waals surface area contributed by atoms with Crippen LogP contribution in [0.3, 0.4) is 0 Å². The Hall–Kier alpha value is -5.76. The van der Waals surface area contributed by atoms with Gasteiger partial charge in [-0.2, -0.15) is 5.10 Å². The summed E-state index contributed by atoms with van der Waals surface area (Å²) in [4.78, 5) is 29.9. The Kier molecular flexibility index (Phi) is 7.41. The van der Waals surface area contributed by atoms with Crippen LogP contribution in [0.5, 0.6) is 0 Å². The SMILES string of the molecule is CC(NC(=O)Nc1cc2c(cn1)c(C(=O)O)nn2C(c1ccccc1)(c1ccccc1)c1ccccc1)c1ccccc1. The van der Waals surface area contributed by atoms with Gasteiger partial charge in [-0.25, -0.2) is 19.3 Å². The molecule has 0 aliphatic carbocycles. The Morgan fingerprint density at radius 3 is 1.74 bits per heavy atom. The van der Waals surface area contributed by atoms with Crippen molar-refractivity contribution in [3.05, 3.63) is 162 Å². The summed E-state index contributed by atoms with van der Waals surface area (Å²) in [6.45, 7) is 1.90. The van der Waals surface area contributed by atoms with E-state index in [1.54, 1.807) is 10.7 Å². The highest BCUT2D eigenvalue weighted by molar-refractivity contribution is 6.02. The Labute approximate surface area is 248 Å². The highest BCUT2D eigenvalue weighted by Gasteiger charge is 2.41. The van der Waals surface area contributed by atoms with Crippen molar-refractivity contribution in [2.75, 3.05) is 5.32 Å². The van der Waals surface area contributed by atoms with Gasteiger partial charge < -0.3 is 10.4 Å². The number of fused-ring (bicyclic) bond motifs is 1. The summed E-state index contributed by atoms with van der Waals surface area (Å²) in [6.07, 6.45) is 1.45. The van der Waals surface area contributed by atoms with E-state index in [1.807, 2.05) is 128 Å². The van der Waals surface area contributed by atoms with Crippen molar-refractivity contribution in [1.82, 2.24) is 20.1 Å². The second-order valence-electron chi connectivity index (χ2n) is 10.2. The van der Waals surface area contributed by atoms with E-state index in [1.165, 1.54) is 6.20 Å². The summed E-state index contributed by atoms with van der Waals surface area (Å²) in [5.74, 6) is -0.921. The van der Waals surface area contributed by atoms with E-state index in [-0.39, 0.29) is 17.6 Å². The van der Waals surface area contributed by atoms with E-state index in [0.29, 0.717) is 10.9 Å². The Balaban J connectivity index is 1.54. The lowest BCUT2D eigenvalue weighted by Gasteiger charge is -2.37. The van der Waals surface area contributed by atoms with Crippen LogP contribution in [-0.4, -0.2) is 31.9 Å². The molecule has 2 amide bonds. The second-order valence-corrected chi connectivity index (χ2v) is 10.2. The molecule has 0 spiro atoms. The fourth-order valence-corrected chi connectivity index (χ4v) is 5.57. The molecular weight excluding hydrogens is 538 g/mol. The summed E-state index contributed by atoms with van der Waals surface area (Å²) < 4.78 is 1.74. The molecule has 2 heterocycles. The van der Waals surface area contributed by atoms with Crippen molar-refractivity contribution in [1.29, 1.82) is 0 Å². The second kappa shape index (κ2) is 11.6. The van der Waals surface area contributed by atoms with Crippen molar-refractivity contribution >= 4 is 28.7 Å². The van der Waals surface area contributed by atoms with Gasteiger partial charge >= 0.3 is 12.0 Å². The molecule has 6 aromatic rings.